The van der Waals surface area contributed by atoms with Crippen molar-refractivity contribution in [3.8, 4) is 5.75 Å². The Morgan fingerprint density at radius 1 is 0.528 bits per heavy atom. The molecule has 0 fully saturated rings. The van der Waals surface area contributed by atoms with E-state index in [1.807, 2.05) is 60.7 Å². The molecule has 0 aliphatic heterocycles. The molecule has 1 N–H and O–H groups in total. The molecule has 3 heteroatoms. The van der Waals surface area contributed by atoms with Crippen LogP contribution in [-0.4, -0.2) is 12.5 Å². The molecule has 5 rings (SSSR count). The summed E-state index contributed by atoms with van der Waals surface area (Å²) in [6.07, 6.45) is 0. The fraction of sp³-hybridized carbons (Fsp3) is 0.0606. The highest BCUT2D eigenvalue weighted by atomic mass is 16.5. The number of hydrogen-bond acceptors (Lipinski definition) is 2. The van der Waals surface area contributed by atoms with Gasteiger partial charge in [-0.15, -0.1) is 0 Å². The van der Waals surface area contributed by atoms with Crippen LogP contribution in [-0.2, 0) is 10.2 Å². The topological polar surface area (TPSA) is 38.3 Å². The predicted octanol–water partition coefficient (Wildman–Crippen LogP) is 7.09. The Balaban J connectivity index is 1.50. The van der Waals surface area contributed by atoms with Gasteiger partial charge in [-0.1, -0.05) is 121 Å². The van der Waals surface area contributed by atoms with Gasteiger partial charge < -0.3 is 10.1 Å². The highest BCUT2D eigenvalue weighted by Crippen LogP contribution is 2.45. The lowest BCUT2D eigenvalue weighted by atomic mass is 9.65. The maximum atomic E-state index is 12.5. The Labute approximate surface area is 212 Å². The van der Waals surface area contributed by atoms with Crippen LogP contribution in [0, 0.1) is 0 Å². The molecule has 5 aromatic rings. The van der Waals surface area contributed by atoms with Gasteiger partial charge in [0, 0.05) is 5.69 Å². The van der Waals surface area contributed by atoms with Gasteiger partial charge in [0.2, 0.25) is 0 Å². The van der Waals surface area contributed by atoms with Gasteiger partial charge in [-0.3, -0.25) is 4.79 Å². The zero-order valence-corrected chi connectivity index (χ0v) is 19.9. The average molecular weight is 470 g/mol. The largest absolute Gasteiger partial charge is 0.484 e. The summed E-state index contributed by atoms with van der Waals surface area (Å²) in [5.41, 5.74) is 4.86. The SMILES string of the molecule is O=C(COc1ccccc1)Nc1ccc(C(c2ccccc2)(c2ccccc2)c2ccccc2)cc1. The number of para-hydroxylation sites is 1. The molecule has 0 spiro atoms. The second kappa shape index (κ2) is 10.7. The lowest BCUT2D eigenvalue weighted by Crippen LogP contribution is -2.31. The zero-order chi connectivity index (χ0) is 24.6. The fourth-order valence-electron chi connectivity index (χ4n) is 4.73. The standard InChI is InChI=1S/C33H27NO2/c35-32(25-36-31-19-11-4-12-20-31)34-30-23-21-29(22-24-30)33(26-13-5-1-6-14-26,27-15-7-2-8-16-27)28-17-9-3-10-18-28/h1-24H,25H2,(H,34,35). The molecule has 0 aliphatic carbocycles. The normalized spacial score (nSPS) is 11.0. The summed E-state index contributed by atoms with van der Waals surface area (Å²) < 4.78 is 5.58. The van der Waals surface area contributed by atoms with Gasteiger partial charge in [0.05, 0.1) is 5.41 Å². The van der Waals surface area contributed by atoms with E-state index in [0.717, 1.165) is 11.3 Å². The van der Waals surface area contributed by atoms with Crippen LogP contribution in [0.15, 0.2) is 146 Å². The van der Waals surface area contributed by atoms with Gasteiger partial charge in [-0.25, -0.2) is 0 Å². The van der Waals surface area contributed by atoms with Gasteiger partial charge in [-0.05, 0) is 46.5 Å². The molecule has 0 saturated heterocycles. The fourth-order valence-corrected chi connectivity index (χ4v) is 4.73. The monoisotopic (exact) mass is 469 g/mol. The molecule has 3 nitrogen and oxygen atoms in total. The van der Waals surface area contributed by atoms with E-state index < -0.39 is 5.41 Å². The Hall–Kier alpha value is -4.63. The highest BCUT2D eigenvalue weighted by molar-refractivity contribution is 5.91. The van der Waals surface area contributed by atoms with Crippen LogP contribution in [0.2, 0.25) is 0 Å². The first-order valence-electron chi connectivity index (χ1n) is 12.0. The minimum Gasteiger partial charge on any atom is -0.484 e. The molecule has 0 saturated carbocycles. The second-order valence-corrected chi connectivity index (χ2v) is 8.58. The number of hydrogen-bond donors (Lipinski definition) is 1. The smallest absolute Gasteiger partial charge is 0.262 e. The van der Waals surface area contributed by atoms with Crippen molar-refractivity contribution >= 4 is 11.6 Å². The summed E-state index contributed by atoms with van der Waals surface area (Å²) in [4.78, 5) is 12.5. The molecule has 0 unspecified atom stereocenters. The maximum Gasteiger partial charge on any atom is 0.262 e. The first-order valence-corrected chi connectivity index (χ1v) is 12.0. The van der Waals surface area contributed by atoms with E-state index in [0.29, 0.717) is 5.75 Å². The number of ether oxygens (including phenoxy) is 1. The third-order valence-corrected chi connectivity index (χ3v) is 6.34. The van der Waals surface area contributed by atoms with Gasteiger partial charge in [0.15, 0.2) is 6.61 Å². The summed E-state index contributed by atoms with van der Waals surface area (Å²) >= 11 is 0. The van der Waals surface area contributed by atoms with E-state index >= 15 is 0 Å². The van der Waals surface area contributed by atoms with Crippen LogP contribution < -0.4 is 10.1 Å². The molecule has 0 radical (unpaired) electrons. The summed E-state index contributed by atoms with van der Waals surface area (Å²) in [7, 11) is 0. The third kappa shape index (κ3) is 4.77. The van der Waals surface area contributed by atoms with Gasteiger partial charge in [-0.2, -0.15) is 0 Å². The zero-order valence-electron chi connectivity index (χ0n) is 19.9. The molecule has 0 aliphatic rings. The van der Waals surface area contributed by atoms with Gasteiger partial charge in [0.25, 0.3) is 5.91 Å². The van der Waals surface area contributed by atoms with Crippen molar-refractivity contribution in [2.45, 2.75) is 5.41 Å². The van der Waals surface area contributed by atoms with E-state index in [1.165, 1.54) is 16.7 Å². The van der Waals surface area contributed by atoms with Crippen molar-refractivity contribution in [3.05, 3.63) is 168 Å². The summed E-state index contributed by atoms with van der Waals surface area (Å²) in [5.74, 6) is 0.466. The molecule has 1 amide bonds. The molecule has 36 heavy (non-hydrogen) atoms. The molecular formula is C33H27NO2. The minimum absolute atomic E-state index is 0.0479. The number of benzene rings is 5. The van der Waals surface area contributed by atoms with Crippen LogP contribution in [0.5, 0.6) is 5.75 Å². The van der Waals surface area contributed by atoms with Gasteiger partial charge >= 0.3 is 0 Å². The van der Waals surface area contributed by atoms with Crippen molar-refractivity contribution < 1.29 is 9.53 Å². The Morgan fingerprint density at radius 2 is 0.917 bits per heavy atom. The van der Waals surface area contributed by atoms with E-state index in [4.69, 9.17) is 4.74 Å². The average Bonchev–Trinajstić information content (AvgIpc) is 2.96. The second-order valence-electron chi connectivity index (χ2n) is 8.58. The number of anilines is 1. The van der Waals surface area contributed by atoms with Crippen molar-refractivity contribution in [2.24, 2.45) is 0 Å². The van der Waals surface area contributed by atoms with Gasteiger partial charge in [0.1, 0.15) is 5.75 Å². The number of carbonyl (C=O) groups is 1. The van der Waals surface area contributed by atoms with E-state index in [-0.39, 0.29) is 12.5 Å². The predicted molar refractivity (Wildman–Crippen MR) is 145 cm³/mol. The minimum atomic E-state index is -0.511. The van der Waals surface area contributed by atoms with Crippen molar-refractivity contribution in [1.82, 2.24) is 0 Å². The Kier molecular flexibility index (Phi) is 6.90. The van der Waals surface area contributed by atoms with Crippen LogP contribution in [0.25, 0.3) is 0 Å². The number of rotatable bonds is 8. The quantitative estimate of drug-likeness (QED) is 0.247. The molecular weight excluding hydrogens is 442 g/mol. The molecule has 176 valence electrons. The third-order valence-electron chi connectivity index (χ3n) is 6.34. The Bertz CT molecular complexity index is 1290. The van der Waals surface area contributed by atoms with Crippen LogP contribution in [0.3, 0.4) is 0 Å². The summed E-state index contributed by atoms with van der Waals surface area (Å²) in [5, 5.41) is 2.95. The number of amides is 1. The summed E-state index contributed by atoms with van der Waals surface area (Å²) in [6, 6.07) is 49.1. The van der Waals surface area contributed by atoms with Crippen LogP contribution in [0.4, 0.5) is 5.69 Å². The highest BCUT2D eigenvalue weighted by Gasteiger charge is 2.38. The first kappa shape index (κ1) is 23.1. The van der Waals surface area contributed by atoms with Crippen molar-refractivity contribution in [1.29, 1.82) is 0 Å². The van der Waals surface area contributed by atoms with E-state index in [2.05, 4.69) is 90.2 Å². The van der Waals surface area contributed by atoms with Crippen LogP contribution in [0.1, 0.15) is 22.3 Å². The molecule has 0 heterocycles. The van der Waals surface area contributed by atoms with Crippen molar-refractivity contribution in [2.75, 3.05) is 11.9 Å². The maximum absolute atomic E-state index is 12.5. The van der Waals surface area contributed by atoms with Crippen molar-refractivity contribution in [3.63, 3.8) is 0 Å². The van der Waals surface area contributed by atoms with E-state index in [9.17, 15) is 4.79 Å². The molecule has 0 bridgehead atoms. The summed E-state index contributed by atoms with van der Waals surface area (Å²) in [6.45, 7) is -0.0479. The lowest BCUT2D eigenvalue weighted by Gasteiger charge is -2.37. The van der Waals surface area contributed by atoms with E-state index in [1.54, 1.807) is 0 Å². The number of nitrogens with one attached hydrogen (secondary N) is 1. The first-order chi connectivity index (χ1) is 17.8. The molecule has 0 aromatic heterocycles. The molecule has 5 aromatic carbocycles. The van der Waals surface area contributed by atoms with Crippen LogP contribution >= 0.6 is 0 Å². The Morgan fingerprint density at radius 3 is 1.36 bits per heavy atom. The lowest BCUT2D eigenvalue weighted by molar-refractivity contribution is -0.118. The molecule has 0 atom stereocenters. The number of carbonyl (C=O) groups excluding carboxylic acids is 1.